The Kier molecular flexibility index (Phi) is 4.10. The minimum absolute atomic E-state index is 0.257. The lowest BCUT2D eigenvalue weighted by atomic mass is 9.88. The van der Waals surface area contributed by atoms with E-state index in [1.54, 1.807) is 18.2 Å². The molecule has 0 spiro atoms. The first kappa shape index (κ1) is 13.5. The number of hydrogen-bond donors (Lipinski definition) is 2. The van der Waals surface area contributed by atoms with E-state index < -0.39 is 0 Å². The van der Waals surface area contributed by atoms with Crippen molar-refractivity contribution in [2.45, 2.75) is 32.6 Å². The van der Waals surface area contributed by atoms with Crippen LogP contribution in [0.1, 0.15) is 38.2 Å². The summed E-state index contributed by atoms with van der Waals surface area (Å²) in [6.45, 7) is 4.29. The van der Waals surface area contributed by atoms with Crippen LogP contribution in [-0.2, 0) is 0 Å². The Labute approximate surface area is 114 Å². The summed E-state index contributed by atoms with van der Waals surface area (Å²) in [5, 5.41) is 19.5. The normalized spacial score (nSPS) is 12.3. The second-order valence-electron chi connectivity index (χ2n) is 4.97. The van der Waals surface area contributed by atoms with Crippen molar-refractivity contribution in [3.8, 4) is 22.6 Å². The summed E-state index contributed by atoms with van der Waals surface area (Å²) in [4.78, 5) is 0. The highest BCUT2D eigenvalue weighted by atomic mass is 16.3. The molecule has 2 rings (SSSR count). The van der Waals surface area contributed by atoms with Gasteiger partial charge in [-0.25, -0.2) is 0 Å². The zero-order valence-electron chi connectivity index (χ0n) is 11.4. The standard InChI is InChI=1S/C17H20O2/c1-3-5-12(2)17-15(6-4-7-16(17)19)13-8-10-14(18)11-9-13/h4,6-12,18-19H,3,5H2,1-2H3. The Morgan fingerprint density at radius 1 is 1.00 bits per heavy atom. The molecule has 0 aromatic heterocycles. The van der Waals surface area contributed by atoms with Crippen molar-refractivity contribution in [2.24, 2.45) is 0 Å². The zero-order valence-corrected chi connectivity index (χ0v) is 11.4. The van der Waals surface area contributed by atoms with Gasteiger partial charge < -0.3 is 10.2 Å². The van der Waals surface area contributed by atoms with Gasteiger partial charge in [0.15, 0.2) is 0 Å². The SMILES string of the molecule is CCCC(C)c1c(O)cccc1-c1ccc(O)cc1. The summed E-state index contributed by atoms with van der Waals surface area (Å²) in [7, 11) is 0. The molecule has 0 radical (unpaired) electrons. The fraction of sp³-hybridized carbons (Fsp3) is 0.294. The van der Waals surface area contributed by atoms with E-state index in [2.05, 4.69) is 13.8 Å². The molecule has 2 aromatic carbocycles. The van der Waals surface area contributed by atoms with E-state index in [1.807, 2.05) is 24.3 Å². The molecule has 0 heterocycles. The molecular formula is C17H20O2. The molecule has 19 heavy (non-hydrogen) atoms. The van der Waals surface area contributed by atoms with Crippen molar-refractivity contribution in [1.82, 2.24) is 0 Å². The van der Waals surface area contributed by atoms with E-state index in [0.717, 1.165) is 29.5 Å². The molecule has 2 nitrogen and oxygen atoms in total. The van der Waals surface area contributed by atoms with Crippen molar-refractivity contribution in [1.29, 1.82) is 0 Å². The Morgan fingerprint density at radius 2 is 1.68 bits per heavy atom. The number of benzene rings is 2. The van der Waals surface area contributed by atoms with Crippen LogP contribution in [0.5, 0.6) is 11.5 Å². The smallest absolute Gasteiger partial charge is 0.119 e. The minimum Gasteiger partial charge on any atom is -0.508 e. The highest BCUT2D eigenvalue weighted by Crippen LogP contribution is 2.37. The van der Waals surface area contributed by atoms with Crippen molar-refractivity contribution in [3.63, 3.8) is 0 Å². The van der Waals surface area contributed by atoms with Crippen molar-refractivity contribution >= 4 is 0 Å². The van der Waals surface area contributed by atoms with Crippen LogP contribution in [-0.4, -0.2) is 10.2 Å². The fourth-order valence-corrected chi connectivity index (χ4v) is 2.54. The van der Waals surface area contributed by atoms with Gasteiger partial charge in [0, 0.05) is 5.56 Å². The maximum Gasteiger partial charge on any atom is 0.119 e. The lowest BCUT2D eigenvalue weighted by Crippen LogP contribution is -1.97. The molecular weight excluding hydrogens is 236 g/mol. The summed E-state index contributed by atoms with van der Waals surface area (Å²) in [5.74, 6) is 0.925. The van der Waals surface area contributed by atoms with E-state index in [0.29, 0.717) is 11.7 Å². The van der Waals surface area contributed by atoms with E-state index in [-0.39, 0.29) is 5.75 Å². The Hall–Kier alpha value is -1.96. The molecule has 0 bridgehead atoms. The number of phenolic OH excluding ortho intramolecular Hbond substituents is 2. The van der Waals surface area contributed by atoms with Crippen LogP contribution in [0.15, 0.2) is 42.5 Å². The van der Waals surface area contributed by atoms with Crippen molar-refractivity contribution < 1.29 is 10.2 Å². The van der Waals surface area contributed by atoms with Gasteiger partial charge in [0.25, 0.3) is 0 Å². The van der Waals surface area contributed by atoms with Gasteiger partial charge in [-0.1, -0.05) is 44.5 Å². The quantitative estimate of drug-likeness (QED) is 0.834. The van der Waals surface area contributed by atoms with Gasteiger partial charge in [-0.3, -0.25) is 0 Å². The number of hydrogen-bond acceptors (Lipinski definition) is 2. The molecule has 0 aliphatic heterocycles. The molecule has 0 saturated heterocycles. The third-order valence-electron chi connectivity index (χ3n) is 3.48. The molecule has 1 unspecified atom stereocenters. The van der Waals surface area contributed by atoms with Gasteiger partial charge in [-0.15, -0.1) is 0 Å². The molecule has 1 atom stereocenters. The number of rotatable bonds is 4. The Balaban J connectivity index is 2.50. The third-order valence-corrected chi connectivity index (χ3v) is 3.48. The summed E-state index contributed by atoms with van der Waals surface area (Å²) in [5.41, 5.74) is 3.06. The number of aromatic hydroxyl groups is 2. The van der Waals surface area contributed by atoms with Gasteiger partial charge >= 0.3 is 0 Å². The van der Waals surface area contributed by atoms with Crippen LogP contribution >= 0.6 is 0 Å². The average Bonchev–Trinajstić information content (AvgIpc) is 2.39. The summed E-state index contributed by atoms with van der Waals surface area (Å²) in [6.07, 6.45) is 2.13. The maximum absolute atomic E-state index is 10.2. The van der Waals surface area contributed by atoms with E-state index in [4.69, 9.17) is 0 Å². The molecule has 0 aliphatic carbocycles. The topological polar surface area (TPSA) is 40.5 Å². The molecule has 0 saturated carbocycles. The first-order valence-electron chi connectivity index (χ1n) is 6.74. The van der Waals surface area contributed by atoms with Crippen LogP contribution in [0, 0.1) is 0 Å². The average molecular weight is 256 g/mol. The van der Waals surface area contributed by atoms with Gasteiger partial charge in [0.2, 0.25) is 0 Å². The predicted molar refractivity (Wildman–Crippen MR) is 78.5 cm³/mol. The maximum atomic E-state index is 10.2. The van der Waals surface area contributed by atoms with Crippen LogP contribution in [0.3, 0.4) is 0 Å². The van der Waals surface area contributed by atoms with E-state index in [1.165, 1.54) is 0 Å². The van der Waals surface area contributed by atoms with Crippen LogP contribution in [0.4, 0.5) is 0 Å². The second-order valence-corrected chi connectivity index (χ2v) is 4.97. The van der Waals surface area contributed by atoms with Crippen LogP contribution in [0.2, 0.25) is 0 Å². The molecule has 0 fully saturated rings. The lowest BCUT2D eigenvalue weighted by molar-refractivity contribution is 0.460. The van der Waals surface area contributed by atoms with Crippen LogP contribution < -0.4 is 0 Å². The Bertz CT molecular complexity index is 544. The largest absolute Gasteiger partial charge is 0.508 e. The first-order chi connectivity index (χ1) is 9.13. The third kappa shape index (κ3) is 2.90. The van der Waals surface area contributed by atoms with E-state index >= 15 is 0 Å². The van der Waals surface area contributed by atoms with Crippen molar-refractivity contribution in [2.75, 3.05) is 0 Å². The lowest BCUT2D eigenvalue weighted by Gasteiger charge is -2.17. The van der Waals surface area contributed by atoms with Gasteiger partial charge in [-0.05, 0) is 41.7 Å². The monoisotopic (exact) mass is 256 g/mol. The summed E-state index contributed by atoms with van der Waals surface area (Å²) in [6, 6.07) is 12.7. The highest BCUT2D eigenvalue weighted by molar-refractivity contribution is 5.71. The molecule has 2 heteroatoms. The van der Waals surface area contributed by atoms with Gasteiger partial charge in [0.05, 0.1) is 0 Å². The Morgan fingerprint density at radius 3 is 2.32 bits per heavy atom. The first-order valence-corrected chi connectivity index (χ1v) is 6.74. The predicted octanol–water partition coefficient (Wildman–Crippen LogP) is 4.67. The minimum atomic E-state index is 0.257. The summed E-state index contributed by atoms with van der Waals surface area (Å²) < 4.78 is 0. The van der Waals surface area contributed by atoms with Gasteiger partial charge in [0.1, 0.15) is 11.5 Å². The number of phenols is 2. The van der Waals surface area contributed by atoms with Gasteiger partial charge in [-0.2, -0.15) is 0 Å². The van der Waals surface area contributed by atoms with E-state index in [9.17, 15) is 10.2 Å². The molecule has 100 valence electrons. The fourth-order valence-electron chi connectivity index (χ4n) is 2.54. The van der Waals surface area contributed by atoms with Crippen molar-refractivity contribution in [3.05, 3.63) is 48.0 Å². The second kappa shape index (κ2) is 5.79. The highest BCUT2D eigenvalue weighted by Gasteiger charge is 2.15. The molecule has 0 amide bonds. The molecule has 2 N–H and O–H groups in total. The molecule has 2 aromatic rings. The molecule has 0 aliphatic rings. The summed E-state index contributed by atoms with van der Waals surface area (Å²) >= 11 is 0. The zero-order chi connectivity index (χ0) is 13.8. The van der Waals surface area contributed by atoms with Crippen LogP contribution in [0.25, 0.3) is 11.1 Å².